The van der Waals surface area contributed by atoms with Crippen LogP contribution in [0.3, 0.4) is 0 Å². The number of carbonyl (C=O) groups is 1. The number of nitrogens with one attached hydrogen (secondary N) is 1. The quantitative estimate of drug-likeness (QED) is 0.523. The number of aryl methyl sites for hydroxylation is 2. The lowest BCUT2D eigenvalue weighted by atomic mass is 10.0. The van der Waals surface area contributed by atoms with Crippen molar-refractivity contribution in [3.05, 3.63) is 64.4 Å². The Labute approximate surface area is 167 Å². The number of amides is 1. The van der Waals surface area contributed by atoms with Gasteiger partial charge in [-0.05, 0) is 32.0 Å². The molecule has 4 aromatic rings. The van der Waals surface area contributed by atoms with Crippen molar-refractivity contribution in [3.8, 4) is 11.3 Å². The summed E-state index contributed by atoms with van der Waals surface area (Å²) in [5, 5.41) is 7.35. The van der Waals surface area contributed by atoms with E-state index in [0.29, 0.717) is 10.8 Å². The molecule has 3 heterocycles. The molecule has 0 aliphatic rings. The number of rotatable bonds is 3. The average molecular weight is 417 g/mol. The van der Waals surface area contributed by atoms with Crippen LogP contribution < -0.4 is 5.32 Å². The van der Waals surface area contributed by atoms with E-state index in [1.807, 2.05) is 13.8 Å². The van der Waals surface area contributed by atoms with Crippen molar-refractivity contribution in [2.75, 3.05) is 5.32 Å². The van der Waals surface area contributed by atoms with Crippen molar-refractivity contribution in [1.82, 2.24) is 19.6 Å². The molecular weight excluding hydrogens is 403 g/mol. The molecule has 0 bridgehead atoms. The Balaban J connectivity index is 1.75. The summed E-state index contributed by atoms with van der Waals surface area (Å²) in [4.78, 5) is 22.0. The summed E-state index contributed by atoms with van der Waals surface area (Å²) in [6.45, 7) is 3.73. The molecule has 1 aromatic carbocycles. The minimum Gasteiger partial charge on any atom is -0.296 e. The second-order valence-electron chi connectivity index (χ2n) is 6.29. The van der Waals surface area contributed by atoms with E-state index in [9.17, 15) is 18.0 Å². The fraction of sp³-hybridized carbons (Fsp3) is 0.158. The standard InChI is InChI=1S/C19H14F3N5OS/c1-10-11(2)29-18(24-10)25-17(28)15-9-23-16-8-7-14(26-27(15)16)12-5-3-4-6-13(12)19(20,21)22/h3-9H,1-2H3,(H,24,25,28). The lowest BCUT2D eigenvalue weighted by molar-refractivity contribution is -0.137. The first-order chi connectivity index (χ1) is 13.7. The Kier molecular flexibility index (Phi) is 4.58. The number of benzene rings is 1. The topological polar surface area (TPSA) is 72.2 Å². The van der Waals surface area contributed by atoms with Crippen molar-refractivity contribution in [2.45, 2.75) is 20.0 Å². The summed E-state index contributed by atoms with van der Waals surface area (Å²) in [6.07, 6.45) is -3.20. The Morgan fingerprint density at radius 2 is 1.90 bits per heavy atom. The highest BCUT2D eigenvalue weighted by atomic mass is 32.1. The number of nitrogens with zero attached hydrogens (tertiary/aromatic N) is 4. The van der Waals surface area contributed by atoms with Gasteiger partial charge in [-0.3, -0.25) is 10.1 Å². The van der Waals surface area contributed by atoms with Gasteiger partial charge in [-0.15, -0.1) is 11.3 Å². The summed E-state index contributed by atoms with van der Waals surface area (Å²) < 4.78 is 41.3. The van der Waals surface area contributed by atoms with Crippen molar-refractivity contribution in [2.24, 2.45) is 0 Å². The second-order valence-corrected chi connectivity index (χ2v) is 7.49. The largest absolute Gasteiger partial charge is 0.417 e. The molecule has 0 saturated heterocycles. The van der Waals surface area contributed by atoms with Crippen LogP contribution in [0.4, 0.5) is 18.3 Å². The van der Waals surface area contributed by atoms with Gasteiger partial charge < -0.3 is 0 Å². The van der Waals surface area contributed by atoms with E-state index in [2.05, 4.69) is 20.4 Å². The summed E-state index contributed by atoms with van der Waals surface area (Å²) in [5.74, 6) is -0.500. The highest BCUT2D eigenvalue weighted by Gasteiger charge is 2.33. The van der Waals surface area contributed by atoms with Gasteiger partial charge >= 0.3 is 6.18 Å². The van der Waals surface area contributed by atoms with E-state index in [1.54, 1.807) is 0 Å². The summed E-state index contributed by atoms with van der Waals surface area (Å²) in [6, 6.07) is 8.13. The van der Waals surface area contributed by atoms with Crippen LogP contribution in [0.25, 0.3) is 16.9 Å². The molecule has 0 saturated carbocycles. The van der Waals surface area contributed by atoms with Gasteiger partial charge in [-0.1, -0.05) is 18.2 Å². The fourth-order valence-corrected chi connectivity index (χ4v) is 3.62. The molecule has 0 atom stereocenters. The first-order valence-corrected chi connectivity index (χ1v) is 9.32. The Morgan fingerprint density at radius 1 is 1.14 bits per heavy atom. The molecule has 10 heteroatoms. The smallest absolute Gasteiger partial charge is 0.296 e. The molecule has 4 rings (SSSR count). The highest BCUT2D eigenvalue weighted by Crippen LogP contribution is 2.36. The number of fused-ring (bicyclic) bond motifs is 1. The van der Waals surface area contributed by atoms with E-state index < -0.39 is 17.6 Å². The Bertz CT molecular complexity index is 1210. The predicted octanol–water partition coefficient (Wildman–Crippen LogP) is 4.74. The zero-order valence-electron chi connectivity index (χ0n) is 15.3. The van der Waals surface area contributed by atoms with Gasteiger partial charge in [-0.2, -0.15) is 18.3 Å². The van der Waals surface area contributed by atoms with Gasteiger partial charge in [0.1, 0.15) is 0 Å². The number of anilines is 1. The van der Waals surface area contributed by atoms with Gasteiger partial charge in [0.15, 0.2) is 16.5 Å². The number of hydrogen-bond acceptors (Lipinski definition) is 5. The van der Waals surface area contributed by atoms with Crippen LogP contribution in [0.5, 0.6) is 0 Å². The third-order valence-electron chi connectivity index (χ3n) is 4.35. The van der Waals surface area contributed by atoms with Crippen LogP contribution in [-0.2, 0) is 6.18 Å². The molecule has 29 heavy (non-hydrogen) atoms. The van der Waals surface area contributed by atoms with Gasteiger partial charge in [0.25, 0.3) is 5.91 Å². The number of imidazole rings is 1. The van der Waals surface area contributed by atoms with Crippen LogP contribution in [0.1, 0.15) is 26.6 Å². The van der Waals surface area contributed by atoms with E-state index in [-0.39, 0.29) is 17.0 Å². The van der Waals surface area contributed by atoms with Crippen molar-refractivity contribution in [3.63, 3.8) is 0 Å². The first kappa shape index (κ1) is 19.1. The lowest BCUT2D eigenvalue weighted by Crippen LogP contribution is -2.15. The van der Waals surface area contributed by atoms with Crippen LogP contribution in [-0.4, -0.2) is 25.5 Å². The van der Waals surface area contributed by atoms with Crippen molar-refractivity contribution in [1.29, 1.82) is 0 Å². The maximum Gasteiger partial charge on any atom is 0.417 e. The molecule has 3 aromatic heterocycles. The molecule has 0 aliphatic heterocycles. The molecule has 0 spiro atoms. The first-order valence-electron chi connectivity index (χ1n) is 8.51. The maximum absolute atomic E-state index is 13.4. The molecule has 148 valence electrons. The van der Waals surface area contributed by atoms with Gasteiger partial charge in [0.05, 0.1) is 23.1 Å². The Morgan fingerprint density at radius 3 is 2.59 bits per heavy atom. The highest BCUT2D eigenvalue weighted by molar-refractivity contribution is 7.15. The van der Waals surface area contributed by atoms with Crippen LogP contribution in [0.15, 0.2) is 42.6 Å². The molecule has 6 nitrogen and oxygen atoms in total. The summed E-state index contributed by atoms with van der Waals surface area (Å²) in [7, 11) is 0. The summed E-state index contributed by atoms with van der Waals surface area (Å²) in [5.41, 5.74) is 0.456. The molecule has 0 unspecified atom stereocenters. The SMILES string of the molecule is Cc1nc(NC(=O)c2cnc3ccc(-c4ccccc4C(F)(F)F)nn23)sc1C. The van der Waals surface area contributed by atoms with Crippen LogP contribution in [0.2, 0.25) is 0 Å². The van der Waals surface area contributed by atoms with E-state index >= 15 is 0 Å². The van der Waals surface area contributed by atoms with E-state index in [4.69, 9.17) is 0 Å². The molecular formula is C19H14F3N5OS. The molecule has 1 amide bonds. The maximum atomic E-state index is 13.4. The molecule has 1 N–H and O–H groups in total. The van der Waals surface area contributed by atoms with Crippen LogP contribution >= 0.6 is 11.3 Å². The lowest BCUT2D eigenvalue weighted by Gasteiger charge is -2.12. The van der Waals surface area contributed by atoms with E-state index in [0.717, 1.165) is 16.6 Å². The normalized spacial score (nSPS) is 11.8. The zero-order chi connectivity index (χ0) is 20.8. The minimum absolute atomic E-state index is 0.0758. The summed E-state index contributed by atoms with van der Waals surface area (Å²) >= 11 is 1.33. The van der Waals surface area contributed by atoms with Gasteiger partial charge in [0, 0.05) is 10.4 Å². The fourth-order valence-electron chi connectivity index (χ4n) is 2.81. The second kappa shape index (κ2) is 6.96. The molecule has 0 aliphatic carbocycles. The van der Waals surface area contributed by atoms with Gasteiger partial charge in [-0.25, -0.2) is 14.5 Å². The number of aromatic nitrogens is 4. The third kappa shape index (κ3) is 3.58. The number of halogens is 3. The number of hydrogen-bond donors (Lipinski definition) is 1. The molecule has 0 fully saturated rings. The van der Waals surface area contributed by atoms with Crippen molar-refractivity contribution >= 4 is 28.0 Å². The van der Waals surface area contributed by atoms with Crippen LogP contribution in [0, 0.1) is 13.8 Å². The number of thiazole rings is 1. The van der Waals surface area contributed by atoms with Gasteiger partial charge in [0.2, 0.25) is 0 Å². The monoisotopic (exact) mass is 417 g/mol. The zero-order valence-corrected chi connectivity index (χ0v) is 16.1. The van der Waals surface area contributed by atoms with Crippen molar-refractivity contribution < 1.29 is 18.0 Å². The minimum atomic E-state index is -4.52. The predicted molar refractivity (Wildman–Crippen MR) is 103 cm³/mol. The average Bonchev–Trinajstić information content (AvgIpc) is 3.23. The number of alkyl halides is 3. The Hall–Kier alpha value is -3.27. The number of carbonyl (C=O) groups excluding carboxylic acids is 1. The van der Waals surface area contributed by atoms with E-state index in [1.165, 1.54) is 52.4 Å². The third-order valence-corrected chi connectivity index (χ3v) is 5.34. The molecule has 0 radical (unpaired) electrons.